The van der Waals surface area contributed by atoms with Crippen molar-refractivity contribution < 1.29 is 18.7 Å². The van der Waals surface area contributed by atoms with Gasteiger partial charge in [-0.1, -0.05) is 31.2 Å². The van der Waals surface area contributed by atoms with Crippen LogP contribution in [-0.4, -0.2) is 33.3 Å². The number of amides is 1. The summed E-state index contributed by atoms with van der Waals surface area (Å²) in [6.45, 7) is 3.01. The second kappa shape index (κ2) is 11.6. The molecule has 0 saturated heterocycles. The highest BCUT2D eigenvalue weighted by molar-refractivity contribution is 7.22. The molecule has 3 aromatic heterocycles. The number of aromatic nitrogens is 3. The van der Waals surface area contributed by atoms with E-state index in [-0.39, 0.29) is 30.3 Å². The standard InChI is InChI=1S/C30H27FN4O3S/c1-3-13-35-18-25(33-19-35)28-17-24-30(39-28)27(11-12-32-24)38-26-10-9-20(15-23(26)31)14-22(36)16-29(37)34(2)21-7-5-4-6-8-21/h4-12,15,17-19H,3,13-14,16H2,1-2H3. The maximum absolute atomic E-state index is 15.0. The molecule has 5 rings (SSSR count). The maximum Gasteiger partial charge on any atom is 0.234 e. The number of ether oxygens (including phenoxy) is 1. The van der Waals surface area contributed by atoms with E-state index in [1.54, 1.807) is 37.5 Å². The van der Waals surface area contributed by atoms with Crippen LogP contribution in [0.5, 0.6) is 11.5 Å². The number of carbonyl (C=O) groups is 2. The molecular formula is C30H27FN4O3S. The fraction of sp³-hybridized carbons (Fsp3) is 0.200. The number of pyridine rings is 1. The number of carbonyl (C=O) groups excluding carboxylic acids is 2. The fourth-order valence-electron chi connectivity index (χ4n) is 4.22. The van der Waals surface area contributed by atoms with Gasteiger partial charge in [0.2, 0.25) is 5.91 Å². The van der Waals surface area contributed by atoms with Gasteiger partial charge in [-0.05, 0) is 42.3 Å². The van der Waals surface area contributed by atoms with Crippen LogP contribution in [0.4, 0.5) is 10.1 Å². The zero-order valence-corrected chi connectivity index (χ0v) is 22.5. The first-order valence-electron chi connectivity index (χ1n) is 12.6. The van der Waals surface area contributed by atoms with Gasteiger partial charge in [0.1, 0.15) is 11.5 Å². The topological polar surface area (TPSA) is 77.3 Å². The second-order valence-corrected chi connectivity index (χ2v) is 10.2. The Morgan fingerprint density at radius 2 is 1.87 bits per heavy atom. The molecule has 1 amide bonds. The molecule has 7 nitrogen and oxygen atoms in total. The predicted molar refractivity (Wildman–Crippen MR) is 151 cm³/mol. The molecule has 2 aromatic carbocycles. The summed E-state index contributed by atoms with van der Waals surface area (Å²) in [5.74, 6) is -0.671. The van der Waals surface area contributed by atoms with Crippen LogP contribution in [0.3, 0.4) is 0 Å². The Morgan fingerprint density at radius 3 is 2.64 bits per heavy atom. The predicted octanol–water partition coefficient (Wildman–Crippen LogP) is 6.67. The molecule has 39 heavy (non-hydrogen) atoms. The first-order valence-corrected chi connectivity index (χ1v) is 13.4. The summed E-state index contributed by atoms with van der Waals surface area (Å²) in [4.78, 5) is 36.4. The monoisotopic (exact) mass is 542 g/mol. The molecular weight excluding hydrogens is 515 g/mol. The van der Waals surface area contributed by atoms with Gasteiger partial charge < -0.3 is 14.2 Å². The fourth-order valence-corrected chi connectivity index (χ4v) is 5.24. The number of Topliss-reactive ketones (excluding diaryl/α,β-unsaturated/α-hetero) is 1. The second-order valence-electron chi connectivity index (χ2n) is 9.18. The molecule has 0 spiro atoms. The number of aryl methyl sites for hydroxylation is 1. The van der Waals surface area contributed by atoms with Crippen LogP contribution in [0.25, 0.3) is 20.8 Å². The van der Waals surface area contributed by atoms with Gasteiger partial charge in [-0.25, -0.2) is 9.37 Å². The number of rotatable bonds is 10. The molecule has 0 N–H and O–H groups in total. The minimum Gasteiger partial charge on any atom is -0.453 e. The Balaban J connectivity index is 1.27. The van der Waals surface area contributed by atoms with E-state index in [2.05, 4.69) is 16.9 Å². The Labute approximate surface area is 229 Å². The summed E-state index contributed by atoms with van der Waals surface area (Å²) in [6, 6.07) is 17.2. The molecule has 0 unspecified atom stereocenters. The van der Waals surface area contributed by atoms with E-state index >= 15 is 4.39 Å². The number of halogens is 1. The first kappa shape index (κ1) is 26.2. The van der Waals surface area contributed by atoms with Gasteiger partial charge in [0.15, 0.2) is 11.6 Å². The zero-order valence-electron chi connectivity index (χ0n) is 21.6. The van der Waals surface area contributed by atoms with Crippen molar-refractivity contribution in [2.75, 3.05) is 11.9 Å². The number of anilines is 1. The van der Waals surface area contributed by atoms with Crippen LogP contribution in [-0.2, 0) is 22.6 Å². The summed E-state index contributed by atoms with van der Waals surface area (Å²) < 4.78 is 23.8. The molecule has 5 aromatic rings. The van der Waals surface area contributed by atoms with Crippen molar-refractivity contribution in [3.63, 3.8) is 0 Å². The number of fused-ring (bicyclic) bond motifs is 1. The average Bonchev–Trinajstić information content (AvgIpc) is 3.58. The van der Waals surface area contributed by atoms with E-state index in [0.29, 0.717) is 17.0 Å². The van der Waals surface area contributed by atoms with E-state index in [0.717, 1.165) is 33.8 Å². The van der Waals surface area contributed by atoms with E-state index < -0.39 is 5.82 Å². The average molecular weight is 543 g/mol. The van der Waals surface area contributed by atoms with Crippen LogP contribution < -0.4 is 9.64 Å². The SMILES string of the molecule is CCCn1cnc(-c2cc3nccc(Oc4ccc(CC(=O)CC(=O)N(C)c5ccccc5)cc4F)c3s2)c1. The molecule has 0 atom stereocenters. The molecule has 0 aliphatic heterocycles. The lowest BCUT2D eigenvalue weighted by molar-refractivity contribution is -0.126. The third-order valence-corrected chi connectivity index (χ3v) is 7.39. The Morgan fingerprint density at radius 1 is 1.05 bits per heavy atom. The zero-order chi connectivity index (χ0) is 27.4. The van der Waals surface area contributed by atoms with Gasteiger partial charge >= 0.3 is 0 Å². The number of para-hydroxylation sites is 1. The molecule has 9 heteroatoms. The molecule has 0 radical (unpaired) electrons. The van der Waals surface area contributed by atoms with Crippen molar-refractivity contribution >= 4 is 38.9 Å². The Kier molecular flexibility index (Phi) is 7.79. The van der Waals surface area contributed by atoms with Crippen molar-refractivity contribution in [2.45, 2.75) is 32.7 Å². The summed E-state index contributed by atoms with van der Waals surface area (Å²) in [7, 11) is 1.63. The molecule has 198 valence electrons. The van der Waals surface area contributed by atoms with Gasteiger partial charge in [-0.15, -0.1) is 11.3 Å². The Bertz CT molecular complexity index is 1630. The van der Waals surface area contributed by atoms with E-state index in [9.17, 15) is 9.59 Å². The van der Waals surface area contributed by atoms with Crippen molar-refractivity contribution in [2.24, 2.45) is 0 Å². The van der Waals surface area contributed by atoms with Gasteiger partial charge in [-0.2, -0.15) is 0 Å². The maximum atomic E-state index is 15.0. The van der Waals surface area contributed by atoms with Crippen LogP contribution in [0.2, 0.25) is 0 Å². The van der Waals surface area contributed by atoms with Gasteiger partial charge in [0.05, 0.1) is 33.5 Å². The lowest BCUT2D eigenvalue weighted by Crippen LogP contribution is -2.28. The minimum atomic E-state index is -0.590. The number of nitrogens with zero attached hydrogens (tertiary/aromatic N) is 4. The molecule has 0 fully saturated rings. The van der Waals surface area contributed by atoms with E-state index in [4.69, 9.17) is 4.74 Å². The van der Waals surface area contributed by atoms with Crippen molar-refractivity contribution in [1.29, 1.82) is 0 Å². The molecule has 0 saturated carbocycles. The third kappa shape index (κ3) is 6.04. The molecule has 0 aliphatic rings. The number of thiophene rings is 1. The highest BCUT2D eigenvalue weighted by Crippen LogP contribution is 2.39. The normalized spacial score (nSPS) is 11.1. The molecule has 0 aliphatic carbocycles. The smallest absolute Gasteiger partial charge is 0.234 e. The minimum absolute atomic E-state index is 0.0424. The molecule has 0 bridgehead atoms. The van der Waals surface area contributed by atoms with Crippen molar-refractivity contribution in [3.05, 3.63) is 90.8 Å². The third-order valence-electron chi connectivity index (χ3n) is 6.23. The molecule has 3 heterocycles. The van der Waals surface area contributed by atoms with E-state index in [1.807, 2.05) is 41.4 Å². The quantitative estimate of drug-likeness (QED) is 0.184. The lowest BCUT2D eigenvalue weighted by Gasteiger charge is -2.16. The van der Waals surface area contributed by atoms with Crippen LogP contribution in [0.1, 0.15) is 25.3 Å². The Hall–Kier alpha value is -4.37. The summed E-state index contributed by atoms with van der Waals surface area (Å²) >= 11 is 1.49. The first-order chi connectivity index (χ1) is 18.9. The van der Waals surface area contributed by atoms with Gasteiger partial charge in [0.25, 0.3) is 0 Å². The van der Waals surface area contributed by atoms with Gasteiger partial charge in [0, 0.05) is 44.2 Å². The largest absolute Gasteiger partial charge is 0.453 e. The number of ketones is 1. The van der Waals surface area contributed by atoms with Gasteiger partial charge in [-0.3, -0.25) is 14.6 Å². The number of hydrogen-bond donors (Lipinski definition) is 0. The van der Waals surface area contributed by atoms with Crippen molar-refractivity contribution in [1.82, 2.24) is 14.5 Å². The highest BCUT2D eigenvalue weighted by atomic mass is 32.1. The number of hydrogen-bond acceptors (Lipinski definition) is 6. The number of benzene rings is 2. The van der Waals surface area contributed by atoms with Crippen LogP contribution in [0.15, 0.2) is 79.4 Å². The summed E-state index contributed by atoms with van der Waals surface area (Å²) in [5.41, 5.74) is 2.77. The van der Waals surface area contributed by atoms with E-state index in [1.165, 1.54) is 28.4 Å². The van der Waals surface area contributed by atoms with Crippen molar-refractivity contribution in [3.8, 4) is 22.1 Å². The summed E-state index contributed by atoms with van der Waals surface area (Å²) in [5, 5.41) is 0. The number of imidazole rings is 1. The van der Waals surface area contributed by atoms with Crippen LogP contribution >= 0.6 is 11.3 Å². The van der Waals surface area contributed by atoms with Crippen LogP contribution in [0, 0.1) is 5.82 Å². The summed E-state index contributed by atoms with van der Waals surface area (Å²) in [6.07, 6.45) is 6.14. The highest BCUT2D eigenvalue weighted by Gasteiger charge is 2.18. The lowest BCUT2D eigenvalue weighted by atomic mass is 10.1.